The first kappa shape index (κ1) is 29.6. The molecule has 13 nitrogen and oxygen atoms in total. The Kier molecular flexibility index (Phi) is 7.36. The number of aliphatic hydroxyl groups excluding tert-OH is 1. The molecule has 0 amide bonds. The van der Waals surface area contributed by atoms with Crippen molar-refractivity contribution >= 4 is 23.3 Å². The lowest BCUT2D eigenvalue weighted by atomic mass is 9.66. The number of carbonyl (C=O) groups excluding carboxylic acids is 4. The van der Waals surface area contributed by atoms with Gasteiger partial charge in [0, 0.05) is 42.0 Å². The third kappa shape index (κ3) is 4.44. The highest BCUT2D eigenvalue weighted by Crippen LogP contribution is 2.57. The Morgan fingerprint density at radius 1 is 1.07 bits per heavy atom. The van der Waals surface area contributed by atoms with E-state index in [1.165, 1.54) is 25.1 Å². The summed E-state index contributed by atoms with van der Waals surface area (Å²) in [5, 5.41) is 55.7. The number of methoxy groups -OCH3 is 1. The van der Waals surface area contributed by atoms with Crippen molar-refractivity contribution in [2.75, 3.05) is 7.11 Å². The molecule has 0 saturated carbocycles. The van der Waals surface area contributed by atoms with Crippen LogP contribution in [-0.4, -0.2) is 86.1 Å². The highest BCUT2D eigenvalue weighted by Gasteiger charge is 2.56. The topological polar surface area (TPSA) is 223 Å². The fourth-order valence-corrected chi connectivity index (χ4v) is 6.39. The molecule has 1 fully saturated rings. The summed E-state index contributed by atoms with van der Waals surface area (Å²) in [7, 11) is 1.02. The molecule has 1 unspecified atom stereocenters. The molecule has 2 aromatic carbocycles. The molecule has 2 aromatic rings. The summed E-state index contributed by atoms with van der Waals surface area (Å²) in [6, 6.07) is 2.98. The Morgan fingerprint density at radius 2 is 1.71 bits per heavy atom. The van der Waals surface area contributed by atoms with Crippen molar-refractivity contribution in [2.24, 2.45) is 5.73 Å². The van der Waals surface area contributed by atoms with Gasteiger partial charge in [0.1, 0.15) is 28.9 Å². The summed E-state index contributed by atoms with van der Waals surface area (Å²) in [5.74, 6) is -7.58. The van der Waals surface area contributed by atoms with Gasteiger partial charge < -0.3 is 45.5 Å². The third-order valence-electron chi connectivity index (χ3n) is 8.24. The lowest BCUT2D eigenvalue weighted by Crippen LogP contribution is -2.53. The maximum absolute atomic E-state index is 13.6. The van der Waals surface area contributed by atoms with Crippen molar-refractivity contribution in [1.82, 2.24) is 0 Å². The molecule has 0 spiro atoms. The van der Waals surface area contributed by atoms with Crippen LogP contribution in [0.2, 0.25) is 0 Å². The van der Waals surface area contributed by atoms with Gasteiger partial charge in [0.05, 0.1) is 47.7 Å². The smallest absolute Gasteiger partial charge is 0.316 e. The molecule has 0 aromatic heterocycles. The number of nitrogens with two attached hydrogens (primary N) is 1. The molecule has 1 saturated heterocycles. The number of ether oxygens (including phenoxy) is 3. The van der Waals surface area contributed by atoms with Crippen LogP contribution in [0.25, 0.3) is 0 Å². The lowest BCUT2D eigenvalue weighted by molar-refractivity contribution is -0.248. The van der Waals surface area contributed by atoms with E-state index < -0.39 is 112 Å². The summed E-state index contributed by atoms with van der Waals surface area (Å²) < 4.78 is 16.7. The van der Waals surface area contributed by atoms with E-state index in [1.807, 2.05) is 0 Å². The fraction of sp³-hybridized carbons (Fsp3) is 0.448. The van der Waals surface area contributed by atoms with Gasteiger partial charge in [0.25, 0.3) is 0 Å². The van der Waals surface area contributed by atoms with Crippen molar-refractivity contribution in [3.05, 3.63) is 51.6 Å². The average Bonchev–Trinajstić information content (AvgIpc) is 2.90. The second kappa shape index (κ2) is 10.4. The molecule has 13 heteroatoms. The second-order valence-electron chi connectivity index (χ2n) is 11.1. The number of fused-ring (bicyclic) bond motifs is 3. The maximum Gasteiger partial charge on any atom is 0.316 e. The van der Waals surface area contributed by atoms with Crippen molar-refractivity contribution in [1.29, 1.82) is 0 Å². The number of aliphatic hydroxyl groups is 2. The number of carbonyl (C=O) groups is 4. The van der Waals surface area contributed by atoms with Crippen LogP contribution >= 0.6 is 0 Å². The molecule has 42 heavy (non-hydrogen) atoms. The minimum Gasteiger partial charge on any atom is -0.507 e. The minimum absolute atomic E-state index is 0.0285. The highest BCUT2D eigenvalue weighted by molar-refractivity contribution is 6.31. The second-order valence-corrected chi connectivity index (χ2v) is 11.1. The van der Waals surface area contributed by atoms with E-state index in [1.54, 1.807) is 6.92 Å². The van der Waals surface area contributed by atoms with E-state index >= 15 is 0 Å². The van der Waals surface area contributed by atoms with Crippen LogP contribution < -0.4 is 5.73 Å². The van der Waals surface area contributed by atoms with Crippen LogP contribution in [0, 0.1) is 0 Å². The van der Waals surface area contributed by atoms with Gasteiger partial charge in [-0.2, -0.15) is 0 Å². The number of hydrogen-bond donors (Lipinski definition) is 6. The Balaban J connectivity index is 1.77. The number of phenols is 3. The van der Waals surface area contributed by atoms with Crippen LogP contribution in [0.3, 0.4) is 0 Å². The number of hydrogen-bond acceptors (Lipinski definition) is 13. The van der Waals surface area contributed by atoms with Crippen molar-refractivity contribution < 1.29 is 58.9 Å². The number of rotatable bonds is 5. The van der Waals surface area contributed by atoms with E-state index in [2.05, 4.69) is 0 Å². The summed E-state index contributed by atoms with van der Waals surface area (Å²) >= 11 is 0. The number of phenolic OH excluding ortho intramolecular Hbond substituents is 3. The van der Waals surface area contributed by atoms with Crippen LogP contribution in [0.15, 0.2) is 18.2 Å². The van der Waals surface area contributed by atoms with E-state index in [-0.39, 0.29) is 23.1 Å². The van der Waals surface area contributed by atoms with Crippen LogP contribution in [0.1, 0.15) is 88.1 Å². The van der Waals surface area contributed by atoms with Gasteiger partial charge in [-0.25, -0.2) is 0 Å². The Bertz CT molecular complexity index is 1510. The molecule has 1 heterocycles. The number of esters is 1. The quantitative estimate of drug-likeness (QED) is 0.181. The summed E-state index contributed by atoms with van der Waals surface area (Å²) in [4.78, 5) is 52.7. The normalized spacial score (nSPS) is 30.2. The standard InChI is InChI=1S/C29H31NO12/c1-10(31)8-29(39)9-15(42-16-7-13(30)23(33)11(2)41-16)18-19(22(29)28(38)40-3)27(37)20-21(26(18)36)25(35)17-12(24(20)34)5-4-6-14(17)32/h4-6,11,13,15-16,22-23,32-33,36-37,39H,7-9,30H2,1-3H3/t11-,13-,15-,16-,22?,23+,29+/m0/s1. The van der Waals surface area contributed by atoms with Gasteiger partial charge in [0.15, 0.2) is 12.1 Å². The SMILES string of the molecule is COC(=O)C1c2c(O)c3c(c(O)c2[C@@H](O[C@H]2C[C@H](N)[C@H](O)[C@H](C)O2)C[C@]1(O)CC(C)=O)C(=O)c1c(O)cccc1C3=O. The lowest BCUT2D eigenvalue weighted by Gasteiger charge is -2.45. The zero-order valence-corrected chi connectivity index (χ0v) is 23.0. The van der Waals surface area contributed by atoms with Gasteiger partial charge in [-0.3, -0.25) is 19.2 Å². The maximum atomic E-state index is 13.6. The largest absolute Gasteiger partial charge is 0.507 e. The molecule has 2 aliphatic carbocycles. The summed E-state index contributed by atoms with van der Waals surface area (Å²) in [6.07, 6.45) is -5.47. The van der Waals surface area contributed by atoms with Gasteiger partial charge >= 0.3 is 5.97 Å². The first-order valence-corrected chi connectivity index (χ1v) is 13.3. The van der Waals surface area contributed by atoms with Crippen molar-refractivity contribution in [2.45, 2.75) is 75.3 Å². The predicted octanol–water partition coefficient (Wildman–Crippen LogP) is 0.830. The van der Waals surface area contributed by atoms with Gasteiger partial charge in [-0.15, -0.1) is 0 Å². The minimum atomic E-state index is -2.24. The summed E-state index contributed by atoms with van der Waals surface area (Å²) in [5.41, 5.74) is 1.09. The molecule has 0 radical (unpaired) electrons. The average molecular weight is 586 g/mol. The van der Waals surface area contributed by atoms with E-state index in [0.717, 1.165) is 7.11 Å². The van der Waals surface area contributed by atoms with Crippen molar-refractivity contribution in [3.63, 3.8) is 0 Å². The number of benzene rings is 2. The van der Waals surface area contributed by atoms with Crippen LogP contribution in [0.5, 0.6) is 17.2 Å². The van der Waals surface area contributed by atoms with E-state index in [9.17, 15) is 44.7 Å². The Labute approximate surface area is 239 Å². The monoisotopic (exact) mass is 585 g/mol. The number of ketones is 3. The van der Waals surface area contributed by atoms with Gasteiger partial charge in [-0.05, 0) is 19.9 Å². The molecule has 7 atom stereocenters. The summed E-state index contributed by atoms with van der Waals surface area (Å²) in [6.45, 7) is 2.74. The number of Topliss-reactive ketones (excluding diaryl/α,β-unsaturated/α-hetero) is 1. The van der Waals surface area contributed by atoms with E-state index in [4.69, 9.17) is 19.9 Å². The molecule has 1 aliphatic heterocycles. The highest BCUT2D eigenvalue weighted by atomic mass is 16.7. The Hall–Kier alpha value is -3.88. The first-order valence-electron chi connectivity index (χ1n) is 13.3. The van der Waals surface area contributed by atoms with Crippen LogP contribution in [-0.2, 0) is 23.8 Å². The van der Waals surface area contributed by atoms with Gasteiger partial charge in [0.2, 0.25) is 5.78 Å². The Morgan fingerprint density at radius 3 is 2.33 bits per heavy atom. The molecular weight excluding hydrogens is 554 g/mol. The van der Waals surface area contributed by atoms with E-state index in [0.29, 0.717) is 0 Å². The van der Waals surface area contributed by atoms with Gasteiger partial charge in [-0.1, -0.05) is 12.1 Å². The molecule has 0 bridgehead atoms. The molecule has 7 N–H and O–H groups in total. The zero-order chi connectivity index (χ0) is 30.8. The third-order valence-corrected chi connectivity index (χ3v) is 8.24. The number of aromatic hydroxyl groups is 3. The first-order chi connectivity index (χ1) is 19.7. The van der Waals surface area contributed by atoms with Crippen LogP contribution in [0.4, 0.5) is 0 Å². The predicted molar refractivity (Wildman–Crippen MR) is 141 cm³/mol. The molecule has 224 valence electrons. The van der Waals surface area contributed by atoms with Crippen molar-refractivity contribution in [3.8, 4) is 17.2 Å². The zero-order valence-electron chi connectivity index (χ0n) is 23.0. The molecular formula is C29H31NO12. The fourth-order valence-electron chi connectivity index (χ4n) is 6.39. The molecule has 5 rings (SSSR count). The molecule has 3 aliphatic rings.